The van der Waals surface area contributed by atoms with Crippen molar-refractivity contribution in [2.24, 2.45) is 0 Å². The number of nitrogens with zero attached hydrogens (tertiary/aromatic N) is 3. The van der Waals surface area contributed by atoms with E-state index in [1.807, 2.05) is 12.1 Å². The molecular weight excluding hydrogens is 280 g/mol. The lowest BCUT2D eigenvalue weighted by molar-refractivity contribution is 0.414. The van der Waals surface area contributed by atoms with Gasteiger partial charge in [-0.2, -0.15) is 9.78 Å². The van der Waals surface area contributed by atoms with Gasteiger partial charge in [0.25, 0.3) is 5.56 Å². The third-order valence-corrected chi connectivity index (χ3v) is 3.60. The molecule has 6 heteroatoms. The first-order valence-corrected chi connectivity index (χ1v) is 6.77. The van der Waals surface area contributed by atoms with Crippen molar-refractivity contribution in [3.63, 3.8) is 0 Å². The maximum absolute atomic E-state index is 12.5. The maximum atomic E-state index is 12.5. The molecular formula is C16H12N4O2. The van der Waals surface area contributed by atoms with Crippen molar-refractivity contribution in [1.82, 2.24) is 19.7 Å². The predicted octanol–water partition coefficient (Wildman–Crippen LogP) is 2.22. The molecule has 3 heterocycles. The first kappa shape index (κ1) is 12.6. The van der Waals surface area contributed by atoms with Gasteiger partial charge < -0.3 is 9.72 Å². The molecule has 2 aliphatic rings. The van der Waals surface area contributed by atoms with Gasteiger partial charge in [-0.3, -0.25) is 9.78 Å². The van der Waals surface area contributed by atoms with Crippen LogP contribution in [0.1, 0.15) is 0 Å². The molecule has 0 radical (unpaired) electrons. The van der Waals surface area contributed by atoms with Gasteiger partial charge in [-0.15, -0.1) is 0 Å². The van der Waals surface area contributed by atoms with Gasteiger partial charge in [0.1, 0.15) is 17.0 Å². The minimum Gasteiger partial charge on any atom is -0.497 e. The summed E-state index contributed by atoms with van der Waals surface area (Å²) in [5.74, 6) is 0.730. The lowest BCUT2D eigenvalue weighted by Crippen LogP contribution is -2.14. The summed E-state index contributed by atoms with van der Waals surface area (Å²) in [6.07, 6.45) is 3.36. The van der Waals surface area contributed by atoms with Gasteiger partial charge in [-0.25, -0.2) is 0 Å². The molecule has 22 heavy (non-hydrogen) atoms. The quantitative estimate of drug-likeness (QED) is 0.615. The van der Waals surface area contributed by atoms with Gasteiger partial charge in [0.2, 0.25) is 0 Å². The Morgan fingerprint density at radius 1 is 1.18 bits per heavy atom. The summed E-state index contributed by atoms with van der Waals surface area (Å²) >= 11 is 0. The first-order valence-electron chi connectivity index (χ1n) is 6.77. The highest BCUT2D eigenvalue weighted by molar-refractivity contribution is 5.89. The lowest BCUT2D eigenvalue weighted by Gasteiger charge is -2.02. The van der Waals surface area contributed by atoms with Crippen LogP contribution in [0.15, 0.2) is 53.6 Å². The Morgan fingerprint density at radius 3 is 2.77 bits per heavy atom. The number of pyridine rings is 2. The topological polar surface area (TPSA) is 72.8 Å². The van der Waals surface area contributed by atoms with E-state index in [4.69, 9.17) is 4.74 Å². The van der Waals surface area contributed by atoms with Crippen LogP contribution in [0.4, 0.5) is 0 Å². The van der Waals surface area contributed by atoms with E-state index in [1.54, 1.807) is 43.8 Å². The number of methoxy groups -OCH3 is 1. The number of aromatic nitrogens is 4. The molecule has 0 amide bonds. The summed E-state index contributed by atoms with van der Waals surface area (Å²) in [5.41, 5.74) is 3.14. The zero-order chi connectivity index (χ0) is 15.1. The second kappa shape index (κ2) is 4.70. The van der Waals surface area contributed by atoms with Crippen LogP contribution in [-0.2, 0) is 0 Å². The van der Waals surface area contributed by atoms with Crippen molar-refractivity contribution in [2.75, 3.05) is 7.11 Å². The number of fused-ring (bicyclic) bond motifs is 3. The number of ether oxygens (including phenoxy) is 1. The van der Waals surface area contributed by atoms with Crippen LogP contribution in [0.5, 0.6) is 5.75 Å². The van der Waals surface area contributed by atoms with Crippen LogP contribution >= 0.6 is 0 Å². The van der Waals surface area contributed by atoms with E-state index < -0.39 is 0 Å². The number of H-pyrrole nitrogens is 1. The van der Waals surface area contributed by atoms with E-state index in [2.05, 4.69) is 15.1 Å². The largest absolute Gasteiger partial charge is 0.497 e. The minimum atomic E-state index is -0.177. The predicted molar refractivity (Wildman–Crippen MR) is 82.7 cm³/mol. The molecule has 0 fully saturated rings. The van der Waals surface area contributed by atoms with Gasteiger partial charge >= 0.3 is 0 Å². The summed E-state index contributed by atoms with van der Waals surface area (Å²) in [6.45, 7) is 0. The van der Waals surface area contributed by atoms with Crippen LogP contribution in [0.2, 0.25) is 0 Å². The van der Waals surface area contributed by atoms with Gasteiger partial charge in [0.15, 0.2) is 0 Å². The Labute approximate surface area is 125 Å². The van der Waals surface area contributed by atoms with Gasteiger partial charge in [-0.05, 0) is 36.4 Å². The van der Waals surface area contributed by atoms with Crippen molar-refractivity contribution >= 4 is 11.0 Å². The van der Waals surface area contributed by atoms with E-state index in [9.17, 15) is 4.79 Å². The average molecular weight is 292 g/mol. The summed E-state index contributed by atoms with van der Waals surface area (Å²) in [4.78, 5) is 19.9. The van der Waals surface area contributed by atoms with E-state index in [1.165, 1.54) is 4.68 Å². The molecule has 0 atom stereocenters. The fourth-order valence-corrected chi connectivity index (χ4v) is 2.48. The van der Waals surface area contributed by atoms with Crippen LogP contribution in [0, 0.1) is 0 Å². The van der Waals surface area contributed by atoms with Crippen molar-refractivity contribution in [3.05, 3.63) is 59.1 Å². The van der Waals surface area contributed by atoms with Crippen molar-refractivity contribution in [3.8, 4) is 22.7 Å². The Hall–Kier alpha value is -3.15. The van der Waals surface area contributed by atoms with E-state index in [-0.39, 0.29) is 5.56 Å². The van der Waals surface area contributed by atoms with E-state index >= 15 is 0 Å². The lowest BCUT2D eigenvalue weighted by atomic mass is 10.2. The second-order valence-corrected chi connectivity index (χ2v) is 4.87. The molecule has 0 saturated heterocycles. The number of nitrogens with one attached hydrogen (secondary N) is 1. The number of benzene rings is 1. The Bertz CT molecular complexity index is 985. The van der Waals surface area contributed by atoms with Gasteiger partial charge in [0, 0.05) is 12.4 Å². The molecule has 0 unspecified atom stereocenters. The number of aromatic amines is 1. The monoisotopic (exact) mass is 292 g/mol. The molecule has 0 aliphatic carbocycles. The molecule has 4 rings (SSSR count). The fourth-order valence-electron chi connectivity index (χ4n) is 2.48. The molecule has 0 saturated carbocycles. The van der Waals surface area contributed by atoms with Gasteiger partial charge in [0.05, 0.1) is 23.9 Å². The van der Waals surface area contributed by atoms with E-state index in [0.717, 1.165) is 11.3 Å². The highest BCUT2D eigenvalue weighted by atomic mass is 16.5. The third kappa shape index (κ3) is 1.77. The highest BCUT2D eigenvalue weighted by Crippen LogP contribution is 2.24. The molecule has 6 nitrogen and oxygen atoms in total. The summed E-state index contributed by atoms with van der Waals surface area (Å²) < 4.78 is 6.51. The fraction of sp³-hybridized carbons (Fsp3) is 0.0625. The Morgan fingerprint density at radius 2 is 2.00 bits per heavy atom. The second-order valence-electron chi connectivity index (χ2n) is 4.87. The summed E-state index contributed by atoms with van der Waals surface area (Å²) in [6, 6.07) is 10.9. The maximum Gasteiger partial charge on any atom is 0.282 e. The minimum absolute atomic E-state index is 0.177. The Kier molecular flexibility index (Phi) is 2.69. The molecule has 1 aromatic carbocycles. The standard InChI is InChI=1S/C16H12N4O2/c1-22-11-6-4-10(5-7-11)20-16(21)12-9-18-13-3-2-8-17-15(13)14(12)19-20/h2-9,18H,1H3. The van der Waals surface area contributed by atoms with Crippen molar-refractivity contribution in [2.45, 2.75) is 0 Å². The van der Waals surface area contributed by atoms with Crippen LogP contribution in [0.25, 0.3) is 28.0 Å². The van der Waals surface area contributed by atoms with Gasteiger partial charge in [-0.1, -0.05) is 0 Å². The first-order chi connectivity index (χ1) is 10.8. The number of hydrogen-bond donors (Lipinski definition) is 1. The van der Waals surface area contributed by atoms with Crippen LogP contribution < -0.4 is 10.3 Å². The number of rotatable bonds is 2. The Balaban J connectivity index is 1.98. The molecule has 2 aliphatic heterocycles. The number of hydrogen-bond acceptors (Lipinski definition) is 4. The normalized spacial score (nSPS) is 11.1. The van der Waals surface area contributed by atoms with Crippen molar-refractivity contribution in [1.29, 1.82) is 0 Å². The molecule has 108 valence electrons. The molecule has 1 aromatic heterocycles. The zero-order valence-corrected chi connectivity index (χ0v) is 11.8. The zero-order valence-electron chi connectivity index (χ0n) is 11.8. The molecule has 0 spiro atoms. The van der Waals surface area contributed by atoms with Crippen LogP contribution in [0.3, 0.4) is 0 Å². The van der Waals surface area contributed by atoms with E-state index in [0.29, 0.717) is 22.5 Å². The molecule has 0 bridgehead atoms. The van der Waals surface area contributed by atoms with Crippen LogP contribution in [-0.4, -0.2) is 26.9 Å². The summed E-state index contributed by atoms with van der Waals surface area (Å²) in [7, 11) is 1.60. The third-order valence-electron chi connectivity index (χ3n) is 3.60. The SMILES string of the molecule is COc1ccc(-n2nc3c4ncccc4[nH]cc-3c2=O)cc1. The molecule has 1 N–H and O–H groups in total. The molecule has 2 aromatic rings. The average Bonchev–Trinajstić information content (AvgIpc) is 2.92. The highest BCUT2D eigenvalue weighted by Gasteiger charge is 2.19. The summed E-state index contributed by atoms with van der Waals surface area (Å²) in [5, 5.41) is 4.45. The van der Waals surface area contributed by atoms with Crippen molar-refractivity contribution < 1.29 is 4.74 Å². The smallest absolute Gasteiger partial charge is 0.282 e.